The predicted molar refractivity (Wildman–Crippen MR) is 368 cm³/mol. The molecule has 2 saturated carbocycles. The summed E-state index contributed by atoms with van der Waals surface area (Å²) in [7, 11) is 49.7. The summed E-state index contributed by atoms with van der Waals surface area (Å²) >= 11 is 0. The number of carbonyl (C=O) groups excluding carboxylic acids is 1. The highest BCUT2D eigenvalue weighted by molar-refractivity contribution is 9.19. The topological polar surface area (TPSA) is 94.5 Å². The molecule has 24 unspecified atom stereocenters. The number of hydrogen-bond donors (Lipinski definition) is 2. The van der Waals surface area contributed by atoms with Crippen molar-refractivity contribution in [2.45, 2.75) is 77.5 Å². The Bertz CT molecular complexity index is 1430. The zero-order valence-corrected chi connectivity index (χ0v) is 67.0. The smallest absolute Gasteiger partial charge is 0.175 e. The van der Waals surface area contributed by atoms with E-state index in [0.717, 1.165) is 11.1 Å². The van der Waals surface area contributed by atoms with Gasteiger partial charge in [0, 0.05) is 35.4 Å². The summed E-state index contributed by atoms with van der Waals surface area (Å²) in [6.45, 7) is 4.98. The lowest BCUT2D eigenvalue weighted by molar-refractivity contribution is -0.233. The third-order valence-corrected chi connectivity index (χ3v) is 152. The quantitative estimate of drug-likeness (QED) is 0.0926. The lowest BCUT2D eigenvalue weighted by Gasteiger charge is -2.63. The Morgan fingerprint density at radius 2 is 1.27 bits per heavy atom. The number of ketones is 1. The van der Waals surface area contributed by atoms with Crippen LogP contribution in [0.2, 0.25) is 0 Å². The van der Waals surface area contributed by atoms with Crippen molar-refractivity contribution in [3.8, 4) is 0 Å². The first-order chi connectivity index (χ1) is 27.6. The summed E-state index contributed by atoms with van der Waals surface area (Å²) in [5, 5.41) is 24.7. The summed E-state index contributed by atoms with van der Waals surface area (Å²) in [5.41, 5.74) is -1.35. The van der Waals surface area contributed by atoms with Crippen molar-refractivity contribution in [1.29, 1.82) is 0 Å². The molecule has 0 heterocycles. The molecule has 39 heteroatoms. The zero-order valence-electron chi connectivity index (χ0n) is 33.7. The Balaban J connectivity index is 2.59. The van der Waals surface area contributed by atoms with Gasteiger partial charge in [-0.15, -0.1) is 134 Å². The van der Waals surface area contributed by atoms with E-state index in [9.17, 15) is 10.2 Å². The van der Waals surface area contributed by atoms with Crippen LogP contribution >= 0.6 is 261 Å². The van der Waals surface area contributed by atoms with Crippen LogP contribution in [0.3, 0.4) is 0 Å². The summed E-state index contributed by atoms with van der Waals surface area (Å²) in [6, 6.07) is 0. The lowest BCUT2D eigenvalue weighted by Crippen LogP contribution is -2.72. The molecule has 0 radical (unpaired) electrons. The number of rotatable bonds is 20. The third kappa shape index (κ3) is 16.1. The fraction of sp³-hybridized carbons (Fsp3) is 0.857. The van der Waals surface area contributed by atoms with Gasteiger partial charge in [-0.25, -0.2) is 0 Å². The van der Waals surface area contributed by atoms with Crippen molar-refractivity contribution < 1.29 is 33.1 Å². The van der Waals surface area contributed by atoms with Crippen LogP contribution in [-0.4, -0.2) is 52.6 Å². The Hall–Kier alpha value is 12.9. The minimum absolute atomic E-state index is 0.0191. The lowest BCUT2D eigenvalue weighted by atomic mass is 9.46. The monoisotopic (exact) mass is 1420 g/mol. The predicted octanol–water partition coefficient (Wildman–Crippen LogP) is 19.6. The summed E-state index contributed by atoms with van der Waals surface area (Å²) in [4.78, 5) is 16.7. The van der Waals surface area contributed by atoms with Crippen molar-refractivity contribution >= 4 is 266 Å². The van der Waals surface area contributed by atoms with Crippen LogP contribution < -0.4 is 0 Å². The fourth-order valence-corrected chi connectivity index (χ4v) is 204. The molecule has 2 N–H and O–H groups in total. The summed E-state index contributed by atoms with van der Waals surface area (Å²) < 4.78 is 29.9. The molecule has 3 aliphatic rings. The van der Waals surface area contributed by atoms with E-state index in [1.54, 1.807) is 0 Å². The molecule has 0 aromatic heterocycles. The van der Waals surface area contributed by atoms with Crippen LogP contribution in [0.4, 0.5) is 0 Å². The molecule has 0 saturated heterocycles. The second-order valence-electron chi connectivity index (χ2n) is 14.9. The van der Waals surface area contributed by atoms with Gasteiger partial charge in [0.2, 0.25) is 0 Å². The molecular formula is C21H66O7P32. The van der Waals surface area contributed by atoms with E-state index in [1.807, 2.05) is 13.8 Å². The van der Waals surface area contributed by atoms with Crippen LogP contribution in [0.25, 0.3) is 0 Å². The molecule has 0 aromatic rings. The molecule has 0 spiro atoms. The summed E-state index contributed by atoms with van der Waals surface area (Å²) in [6.07, 6.45) is -1.18. The van der Waals surface area contributed by atoms with Gasteiger partial charge in [-0.05, 0) is 104 Å². The van der Waals surface area contributed by atoms with E-state index < -0.39 is 140 Å². The molecule has 352 valence electrons. The van der Waals surface area contributed by atoms with Gasteiger partial charge in [-0.2, -0.15) is 0 Å². The second kappa shape index (κ2) is 30.5. The van der Waals surface area contributed by atoms with E-state index in [2.05, 4.69) is 173 Å². The van der Waals surface area contributed by atoms with Crippen LogP contribution in [0.15, 0.2) is 11.1 Å². The molecule has 7 nitrogen and oxygen atoms in total. The normalized spacial score (nSPS) is 33.9. The highest BCUT2D eigenvalue weighted by atomic mass is 33.2. The van der Waals surface area contributed by atoms with E-state index in [1.165, 1.54) is 0 Å². The van der Waals surface area contributed by atoms with Gasteiger partial charge in [-0.3, -0.25) is 4.79 Å². The van der Waals surface area contributed by atoms with Crippen molar-refractivity contribution in [2.75, 3.05) is 6.61 Å². The minimum Gasteiger partial charge on any atom is -0.393 e. The standard InChI is InChI=1S/C21H66O7P32/c1-9-6-13(27-48(51(31)32)52(33)34)20(5)17(21(9,24)8-22)15(25-46-29)11-7-12(26-50(58(45)54(37)38)60(56(41)42)57(43)44)10(2)14(19(11,3)4)16(18(20)23)28-49(53(35)36)59(47-30)55(39)40/h9,11-13,15-17,22,24,46-47H,6-8,29-45H2,1-5H3/t9-,11?,12-,13-,15+,16+,17-,20+,21-,49?,50?,58?,59?/m0/s1. The van der Waals surface area contributed by atoms with Gasteiger partial charge in [-0.1, -0.05) is 46.6 Å². The fourth-order valence-electron chi connectivity index (χ4n) is 8.42. The number of aliphatic hydroxyl groups is 2. The maximum Gasteiger partial charge on any atom is 0.175 e. The van der Waals surface area contributed by atoms with E-state index >= 15 is 4.79 Å². The Morgan fingerprint density at radius 3 is 1.68 bits per heavy atom. The molecule has 60 heavy (non-hydrogen) atoms. The first-order valence-electron chi connectivity index (χ1n) is 17.4. The van der Waals surface area contributed by atoms with Gasteiger partial charge < -0.3 is 28.3 Å². The van der Waals surface area contributed by atoms with Crippen LogP contribution in [0, 0.1) is 28.6 Å². The average molecular weight is 1420 g/mol. The van der Waals surface area contributed by atoms with Crippen LogP contribution in [0.5, 0.6) is 0 Å². The molecule has 3 aliphatic carbocycles. The Kier molecular flexibility index (Phi) is 34.2. The second-order valence-corrected chi connectivity index (χ2v) is 123. The van der Waals surface area contributed by atoms with Crippen molar-refractivity contribution in [3.63, 3.8) is 0 Å². The first kappa shape index (κ1) is 67.2. The van der Waals surface area contributed by atoms with Crippen LogP contribution in [0.1, 0.15) is 47.5 Å². The SMILES string of the molecule is CC1=C2[C@@H](OP(P(P)P)P(PP)P(P)P)C(=O)[C@]3(C)[C@@H](OP(P(P)P)P(P)P)C[C@H](C)[C@@](O)(CO)[C@H]3[C@H](OPP)C(C[C@@H]1OP(P(P)P(P)P)P(P(P)P)P(P)P)C2(C)C. The van der Waals surface area contributed by atoms with Gasteiger partial charge in [0.1, 0.15) is 6.10 Å². The Morgan fingerprint density at radius 1 is 0.733 bits per heavy atom. The van der Waals surface area contributed by atoms with Gasteiger partial charge >= 0.3 is 0 Å². The van der Waals surface area contributed by atoms with E-state index in [0.29, 0.717) is 20.8 Å². The highest BCUT2D eigenvalue weighted by Gasteiger charge is 2.70. The molecule has 0 amide bonds. The molecule has 32 atom stereocenters. The number of carbonyl (C=O) groups is 1. The molecule has 0 aromatic carbocycles. The number of fused-ring (bicyclic) bond motifs is 3. The number of hydrogen-bond acceptors (Lipinski definition) is 7. The van der Waals surface area contributed by atoms with Crippen molar-refractivity contribution in [3.05, 3.63) is 11.1 Å². The maximum atomic E-state index is 16.7. The van der Waals surface area contributed by atoms with Crippen molar-refractivity contribution in [2.24, 2.45) is 28.6 Å². The first-order valence-corrected chi connectivity index (χ1v) is 72.3. The van der Waals surface area contributed by atoms with Gasteiger partial charge in [0.05, 0.1) is 58.5 Å². The third-order valence-electron chi connectivity index (χ3n) is 11.2. The molecule has 2 fully saturated rings. The number of aliphatic hydroxyl groups excluding tert-OH is 1. The average Bonchev–Trinajstić information content (AvgIpc) is 3.13. The largest absolute Gasteiger partial charge is 0.393 e. The molecular weight excluding hydrogens is 1360 g/mol. The van der Waals surface area contributed by atoms with Gasteiger partial charge in [0.25, 0.3) is 0 Å². The van der Waals surface area contributed by atoms with Crippen molar-refractivity contribution in [1.82, 2.24) is 0 Å². The van der Waals surface area contributed by atoms with E-state index in [4.69, 9.17) is 18.1 Å². The van der Waals surface area contributed by atoms with Gasteiger partial charge in [0.15, 0.2) is 5.78 Å². The minimum atomic E-state index is -1.62. The Labute approximate surface area is 419 Å². The maximum absolute atomic E-state index is 16.7. The zero-order chi connectivity index (χ0) is 46.1. The molecule has 0 aliphatic heterocycles. The molecule has 3 rings (SSSR count). The number of Topliss-reactive ketones (excluding diaryl/α,β-unsaturated/α-hetero) is 1. The molecule has 2 bridgehead atoms. The highest BCUT2D eigenvalue weighted by Crippen LogP contribution is 3.18. The summed E-state index contributed by atoms with van der Waals surface area (Å²) in [5.74, 6) is -1.40. The van der Waals surface area contributed by atoms with Crippen LogP contribution in [-0.2, 0) is 22.9 Å². The van der Waals surface area contributed by atoms with E-state index in [-0.39, 0.29) is 32.2 Å².